The first-order valence-corrected chi connectivity index (χ1v) is 5.23. The lowest BCUT2D eigenvalue weighted by Gasteiger charge is -2.05. The van der Waals surface area contributed by atoms with Crippen LogP contribution in [0.1, 0.15) is 26.2 Å². The van der Waals surface area contributed by atoms with Crippen LogP contribution in [0.25, 0.3) is 0 Å². The van der Waals surface area contributed by atoms with E-state index in [1.54, 1.807) is 7.11 Å². The van der Waals surface area contributed by atoms with E-state index in [1.807, 2.05) is 6.92 Å². The summed E-state index contributed by atoms with van der Waals surface area (Å²) in [6, 6.07) is 0. The van der Waals surface area contributed by atoms with Crippen molar-refractivity contribution >= 4 is 11.8 Å². The highest BCUT2D eigenvalue weighted by molar-refractivity contribution is 5.78. The lowest BCUT2D eigenvalue weighted by molar-refractivity contribution is -0.122. The Hall–Kier alpha value is -1.10. The van der Waals surface area contributed by atoms with Crippen molar-refractivity contribution in [2.24, 2.45) is 0 Å². The van der Waals surface area contributed by atoms with Crippen molar-refractivity contribution in [3.05, 3.63) is 0 Å². The minimum atomic E-state index is -0.0659. The maximum atomic E-state index is 11.1. The normalized spacial score (nSPS) is 9.73. The Balaban J connectivity index is 3.34. The molecule has 0 rings (SSSR count). The van der Waals surface area contributed by atoms with E-state index in [1.165, 1.54) is 0 Å². The second-order valence-electron chi connectivity index (χ2n) is 3.19. The Morgan fingerprint density at radius 3 is 2.27 bits per heavy atom. The molecule has 88 valence electrons. The van der Waals surface area contributed by atoms with Crippen LogP contribution in [-0.2, 0) is 14.3 Å². The smallest absolute Gasteiger partial charge is 0.221 e. The van der Waals surface area contributed by atoms with Crippen LogP contribution in [0.15, 0.2) is 0 Å². The third-order valence-electron chi connectivity index (χ3n) is 1.78. The zero-order valence-electron chi connectivity index (χ0n) is 9.47. The van der Waals surface area contributed by atoms with Gasteiger partial charge in [-0.2, -0.15) is 0 Å². The molecule has 0 fully saturated rings. The summed E-state index contributed by atoms with van der Waals surface area (Å²) in [7, 11) is 1.58. The van der Waals surface area contributed by atoms with Crippen LogP contribution in [0.3, 0.4) is 0 Å². The SMILES string of the molecule is CCCC(=O)NCCC(=O)NCCOC. The standard InChI is InChI=1S/C10H20N2O3/c1-3-4-9(13)11-6-5-10(14)12-7-8-15-2/h3-8H2,1-2H3,(H,11,13)(H,12,14). The minimum absolute atomic E-state index is 0.00203. The van der Waals surface area contributed by atoms with Gasteiger partial charge in [-0.3, -0.25) is 9.59 Å². The fourth-order valence-corrected chi connectivity index (χ4v) is 1.01. The van der Waals surface area contributed by atoms with Crippen LogP contribution in [-0.4, -0.2) is 38.6 Å². The van der Waals surface area contributed by atoms with Gasteiger partial charge in [-0.15, -0.1) is 0 Å². The Morgan fingerprint density at radius 1 is 1.07 bits per heavy atom. The first-order valence-electron chi connectivity index (χ1n) is 5.23. The van der Waals surface area contributed by atoms with Crippen molar-refractivity contribution in [3.63, 3.8) is 0 Å². The number of carbonyl (C=O) groups is 2. The topological polar surface area (TPSA) is 67.4 Å². The van der Waals surface area contributed by atoms with E-state index in [0.29, 0.717) is 32.5 Å². The van der Waals surface area contributed by atoms with Crippen LogP contribution in [0, 0.1) is 0 Å². The van der Waals surface area contributed by atoms with Crippen molar-refractivity contribution in [2.45, 2.75) is 26.2 Å². The molecular weight excluding hydrogens is 196 g/mol. The van der Waals surface area contributed by atoms with E-state index in [-0.39, 0.29) is 11.8 Å². The number of amides is 2. The predicted molar refractivity (Wildman–Crippen MR) is 57.4 cm³/mol. The first kappa shape index (κ1) is 13.9. The highest BCUT2D eigenvalue weighted by Gasteiger charge is 2.02. The van der Waals surface area contributed by atoms with Gasteiger partial charge in [0.1, 0.15) is 0 Å². The van der Waals surface area contributed by atoms with Gasteiger partial charge >= 0.3 is 0 Å². The van der Waals surface area contributed by atoms with Gasteiger partial charge < -0.3 is 15.4 Å². The molecule has 0 aromatic rings. The molecule has 0 radical (unpaired) electrons. The average Bonchev–Trinajstić information content (AvgIpc) is 2.18. The maximum absolute atomic E-state index is 11.1. The highest BCUT2D eigenvalue weighted by Crippen LogP contribution is 1.86. The monoisotopic (exact) mass is 216 g/mol. The van der Waals surface area contributed by atoms with Crippen LogP contribution in [0.5, 0.6) is 0 Å². The summed E-state index contributed by atoms with van der Waals surface area (Å²) in [5, 5.41) is 5.35. The molecule has 0 aliphatic carbocycles. The number of carbonyl (C=O) groups excluding carboxylic acids is 2. The van der Waals surface area contributed by atoms with Gasteiger partial charge in [0, 0.05) is 33.0 Å². The van der Waals surface area contributed by atoms with Gasteiger partial charge in [0.15, 0.2) is 0 Å². The van der Waals surface area contributed by atoms with Gasteiger partial charge in [0.25, 0.3) is 0 Å². The van der Waals surface area contributed by atoms with Crippen molar-refractivity contribution in [2.75, 3.05) is 26.8 Å². The van der Waals surface area contributed by atoms with Crippen LogP contribution in [0.4, 0.5) is 0 Å². The number of rotatable bonds is 8. The van der Waals surface area contributed by atoms with Crippen LogP contribution in [0.2, 0.25) is 0 Å². The Labute approximate surface area is 90.6 Å². The van der Waals surface area contributed by atoms with Gasteiger partial charge in [0.05, 0.1) is 6.61 Å². The molecule has 0 unspecified atom stereocenters. The molecule has 5 nitrogen and oxygen atoms in total. The number of ether oxygens (including phenoxy) is 1. The largest absolute Gasteiger partial charge is 0.383 e. The molecule has 2 amide bonds. The van der Waals surface area contributed by atoms with Gasteiger partial charge in [-0.1, -0.05) is 6.92 Å². The van der Waals surface area contributed by atoms with Crippen molar-refractivity contribution in [1.29, 1.82) is 0 Å². The van der Waals surface area contributed by atoms with Gasteiger partial charge in [0.2, 0.25) is 11.8 Å². The lowest BCUT2D eigenvalue weighted by atomic mass is 10.3. The number of methoxy groups -OCH3 is 1. The van der Waals surface area contributed by atoms with E-state index in [9.17, 15) is 9.59 Å². The number of hydrogen-bond donors (Lipinski definition) is 2. The molecular formula is C10H20N2O3. The molecule has 0 bridgehead atoms. The summed E-state index contributed by atoms with van der Waals surface area (Å²) in [5.41, 5.74) is 0. The third-order valence-corrected chi connectivity index (χ3v) is 1.78. The molecule has 5 heteroatoms. The van der Waals surface area contributed by atoms with E-state index in [4.69, 9.17) is 4.74 Å². The lowest BCUT2D eigenvalue weighted by Crippen LogP contribution is -2.32. The Morgan fingerprint density at radius 2 is 1.67 bits per heavy atom. The van der Waals surface area contributed by atoms with Crippen molar-refractivity contribution < 1.29 is 14.3 Å². The summed E-state index contributed by atoms with van der Waals surface area (Å²) >= 11 is 0. The van der Waals surface area contributed by atoms with Crippen LogP contribution >= 0.6 is 0 Å². The summed E-state index contributed by atoms with van der Waals surface area (Å²) in [6.07, 6.45) is 1.66. The first-order chi connectivity index (χ1) is 7.20. The summed E-state index contributed by atoms with van der Waals surface area (Å²) in [5.74, 6) is -0.0639. The highest BCUT2D eigenvalue weighted by atomic mass is 16.5. The number of hydrogen-bond acceptors (Lipinski definition) is 3. The van der Waals surface area contributed by atoms with E-state index in [2.05, 4.69) is 10.6 Å². The fourth-order valence-electron chi connectivity index (χ4n) is 1.01. The Kier molecular flexibility index (Phi) is 8.76. The molecule has 15 heavy (non-hydrogen) atoms. The fraction of sp³-hybridized carbons (Fsp3) is 0.800. The molecule has 0 aliphatic rings. The van der Waals surface area contributed by atoms with Gasteiger partial charge in [-0.05, 0) is 6.42 Å². The van der Waals surface area contributed by atoms with E-state index < -0.39 is 0 Å². The van der Waals surface area contributed by atoms with Gasteiger partial charge in [-0.25, -0.2) is 0 Å². The molecule has 0 saturated carbocycles. The Bertz CT molecular complexity index is 195. The van der Waals surface area contributed by atoms with Crippen molar-refractivity contribution in [1.82, 2.24) is 10.6 Å². The molecule has 0 aromatic carbocycles. The second kappa shape index (κ2) is 9.45. The molecule has 2 N–H and O–H groups in total. The minimum Gasteiger partial charge on any atom is -0.383 e. The second-order valence-corrected chi connectivity index (χ2v) is 3.19. The molecule has 0 atom stereocenters. The average molecular weight is 216 g/mol. The number of nitrogens with one attached hydrogen (secondary N) is 2. The maximum Gasteiger partial charge on any atom is 0.221 e. The predicted octanol–water partition coefficient (Wildman–Crippen LogP) is 0.0554. The van der Waals surface area contributed by atoms with Crippen LogP contribution < -0.4 is 10.6 Å². The summed E-state index contributed by atoms with van der Waals surface area (Å²) in [6.45, 7) is 3.36. The van der Waals surface area contributed by atoms with E-state index >= 15 is 0 Å². The third kappa shape index (κ3) is 9.21. The molecule has 0 aliphatic heterocycles. The summed E-state index contributed by atoms with van der Waals surface area (Å²) < 4.78 is 4.78. The zero-order valence-corrected chi connectivity index (χ0v) is 9.47. The zero-order chi connectivity index (χ0) is 11.5. The molecule has 0 spiro atoms. The molecule has 0 aromatic heterocycles. The molecule has 0 heterocycles. The quantitative estimate of drug-likeness (QED) is 0.564. The van der Waals surface area contributed by atoms with E-state index in [0.717, 1.165) is 6.42 Å². The summed E-state index contributed by atoms with van der Waals surface area (Å²) in [4.78, 5) is 22.2. The molecule has 0 saturated heterocycles. The van der Waals surface area contributed by atoms with Crippen molar-refractivity contribution in [3.8, 4) is 0 Å².